The van der Waals surface area contributed by atoms with Crippen molar-refractivity contribution >= 4 is 46.4 Å². The lowest BCUT2D eigenvalue weighted by molar-refractivity contribution is -0.140. The minimum Gasteiger partial charge on any atom is -0.481 e. The van der Waals surface area contributed by atoms with Crippen LogP contribution in [0.15, 0.2) is 29.1 Å². The summed E-state index contributed by atoms with van der Waals surface area (Å²) in [6, 6.07) is 4.89. The number of carbonyl (C=O) groups is 4. The first-order valence-electron chi connectivity index (χ1n) is 12.7. The van der Waals surface area contributed by atoms with Gasteiger partial charge < -0.3 is 25.4 Å². The van der Waals surface area contributed by atoms with Crippen molar-refractivity contribution in [1.29, 1.82) is 0 Å². The molecule has 3 rings (SSSR count). The molecule has 0 aliphatic carbocycles. The summed E-state index contributed by atoms with van der Waals surface area (Å²) in [5.74, 6) is -0.872. The smallest absolute Gasteiger partial charge is 0.326 e. The summed E-state index contributed by atoms with van der Waals surface area (Å²) in [6.45, 7) is 7.39. The minimum atomic E-state index is -1.35. The normalized spacial score (nSPS) is 11.9. The number of hydrogen-bond donors (Lipinski definition) is 6. The van der Waals surface area contributed by atoms with E-state index in [1.807, 2.05) is 0 Å². The third-order valence-corrected chi connectivity index (χ3v) is 6.27. The number of nitrogens with zero attached hydrogens (tertiary/aromatic N) is 2. The first-order chi connectivity index (χ1) is 19.2. The zero-order valence-corrected chi connectivity index (χ0v) is 23.1. The van der Waals surface area contributed by atoms with E-state index in [1.165, 1.54) is 12.1 Å². The largest absolute Gasteiger partial charge is 0.481 e. The molecule has 6 N–H and O–H groups in total. The molecule has 13 nitrogen and oxygen atoms in total. The maximum atomic E-state index is 13.0. The number of H-pyrrole nitrogens is 2. The lowest BCUT2D eigenvalue weighted by atomic mass is 9.96. The van der Waals surface area contributed by atoms with Crippen LogP contribution in [0.3, 0.4) is 0 Å². The van der Waals surface area contributed by atoms with Gasteiger partial charge in [-0.15, -0.1) is 6.42 Å². The summed E-state index contributed by atoms with van der Waals surface area (Å²) in [4.78, 5) is 72.1. The van der Waals surface area contributed by atoms with Crippen molar-refractivity contribution in [2.24, 2.45) is 5.41 Å². The molecule has 3 aromatic rings. The highest BCUT2D eigenvalue weighted by Crippen LogP contribution is 2.24. The zero-order valence-electron chi connectivity index (χ0n) is 23.1. The Morgan fingerprint density at radius 1 is 1.12 bits per heavy atom. The van der Waals surface area contributed by atoms with Gasteiger partial charge in [0.1, 0.15) is 11.7 Å². The summed E-state index contributed by atoms with van der Waals surface area (Å²) in [7, 11) is 0. The van der Waals surface area contributed by atoms with E-state index >= 15 is 0 Å². The van der Waals surface area contributed by atoms with Crippen molar-refractivity contribution in [3.63, 3.8) is 0 Å². The van der Waals surface area contributed by atoms with Gasteiger partial charge in [-0.1, -0.05) is 26.7 Å². The highest BCUT2D eigenvalue weighted by Gasteiger charge is 2.24. The maximum absolute atomic E-state index is 13.0. The molecule has 216 valence electrons. The highest BCUT2D eigenvalue weighted by molar-refractivity contribution is 5.97. The van der Waals surface area contributed by atoms with Crippen molar-refractivity contribution in [2.75, 3.05) is 16.8 Å². The van der Waals surface area contributed by atoms with E-state index in [9.17, 15) is 29.1 Å². The molecular weight excluding hydrogens is 532 g/mol. The fourth-order valence-corrected chi connectivity index (χ4v) is 3.97. The predicted octanol–water partition coefficient (Wildman–Crippen LogP) is 2.23. The van der Waals surface area contributed by atoms with Crippen LogP contribution in [0.4, 0.5) is 11.6 Å². The van der Waals surface area contributed by atoms with Gasteiger partial charge in [0.25, 0.3) is 11.5 Å². The summed E-state index contributed by atoms with van der Waals surface area (Å²) >= 11 is 0. The van der Waals surface area contributed by atoms with Crippen molar-refractivity contribution in [3.05, 3.63) is 51.4 Å². The lowest BCUT2D eigenvalue weighted by Gasteiger charge is -2.23. The number of nitrogens with one attached hydrogen (secondary N) is 4. The molecule has 1 aromatic carbocycles. The summed E-state index contributed by atoms with van der Waals surface area (Å²) in [5, 5.41) is 23.4. The number of carboxylic acids is 2. The van der Waals surface area contributed by atoms with Crippen LogP contribution in [0.5, 0.6) is 0 Å². The van der Waals surface area contributed by atoms with Crippen LogP contribution in [0.2, 0.25) is 0 Å². The van der Waals surface area contributed by atoms with Gasteiger partial charge in [-0.3, -0.25) is 29.5 Å². The van der Waals surface area contributed by atoms with Crippen molar-refractivity contribution in [1.82, 2.24) is 20.3 Å². The van der Waals surface area contributed by atoms with E-state index in [0.29, 0.717) is 28.0 Å². The number of benzene rings is 1. The number of fused-ring (bicyclic) bond motifs is 1. The number of aliphatic carboxylic acids is 2. The van der Waals surface area contributed by atoms with Crippen LogP contribution in [0.25, 0.3) is 11.0 Å². The third-order valence-electron chi connectivity index (χ3n) is 6.27. The number of carboxylic acid groups (broad SMARTS) is 2. The van der Waals surface area contributed by atoms with Crippen LogP contribution < -0.4 is 21.1 Å². The van der Waals surface area contributed by atoms with Gasteiger partial charge >= 0.3 is 11.9 Å². The monoisotopic (exact) mass is 564 g/mol. The van der Waals surface area contributed by atoms with E-state index in [4.69, 9.17) is 11.5 Å². The highest BCUT2D eigenvalue weighted by atomic mass is 16.4. The van der Waals surface area contributed by atoms with E-state index in [0.717, 1.165) is 0 Å². The minimum absolute atomic E-state index is 0.0256. The topological polar surface area (TPSA) is 198 Å². The van der Waals surface area contributed by atoms with Crippen LogP contribution in [-0.4, -0.2) is 61.5 Å². The molecule has 2 aromatic heterocycles. The standard InChI is InChI=1S/C28H32N6O7/c1-6-13-34(17-9-7-16(8-10-17)23(37)30-19(25(39)40)11-12-20(35)36)14-18-15(2)29-22-21(18)24(38)32-27(31-22)33-26(41)28(3,4)5/h1,7-10,19H,11-14H2,2-5H3,(H,30,37)(H,35,36)(H,39,40)(H3,29,31,32,33,38,41)/t19-/m0/s1. The van der Waals surface area contributed by atoms with E-state index in [2.05, 4.69) is 31.5 Å². The number of aromatic amines is 2. The Bertz CT molecular complexity index is 1570. The molecule has 2 amide bonds. The lowest BCUT2D eigenvalue weighted by Crippen LogP contribution is -2.41. The molecule has 0 spiro atoms. The van der Waals surface area contributed by atoms with Crippen LogP contribution in [0.1, 0.15) is 55.2 Å². The fourth-order valence-electron chi connectivity index (χ4n) is 3.97. The van der Waals surface area contributed by atoms with Crippen molar-refractivity contribution in [3.8, 4) is 12.3 Å². The van der Waals surface area contributed by atoms with Crippen LogP contribution in [-0.2, 0) is 20.9 Å². The molecule has 0 unspecified atom stereocenters. The zero-order chi connectivity index (χ0) is 30.5. The molecule has 0 aliphatic heterocycles. The molecule has 1 atom stereocenters. The first kappa shape index (κ1) is 30.4. The Labute approximate surface area is 235 Å². The number of aryl methyl sites for hydroxylation is 1. The van der Waals surface area contributed by atoms with Gasteiger partial charge in [0.2, 0.25) is 11.9 Å². The van der Waals surface area contributed by atoms with Crippen molar-refractivity contribution in [2.45, 2.75) is 53.1 Å². The second kappa shape index (κ2) is 12.4. The Morgan fingerprint density at radius 3 is 2.34 bits per heavy atom. The molecule has 13 heteroatoms. The van der Waals surface area contributed by atoms with Crippen LogP contribution >= 0.6 is 0 Å². The van der Waals surface area contributed by atoms with Gasteiger partial charge in [0, 0.05) is 40.9 Å². The molecular formula is C28H32N6O7. The number of hydrogen-bond acceptors (Lipinski definition) is 7. The quantitative estimate of drug-likeness (QED) is 0.189. The van der Waals surface area contributed by atoms with Gasteiger partial charge in [-0.2, -0.15) is 4.98 Å². The average Bonchev–Trinajstić information content (AvgIpc) is 3.20. The molecule has 0 radical (unpaired) electrons. The summed E-state index contributed by atoms with van der Waals surface area (Å²) in [5.41, 5.74) is 1.29. The number of terminal acetylenes is 1. The van der Waals surface area contributed by atoms with Gasteiger partial charge in [-0.05, 0) is 37.6 Å². The first-order valence-corrected chi connectivity index (χ1v) is 12.7. The Morgan fingerprint density at radius 2 is 1.78 bits per heavy atom. The SMILES string of the molecule is C#CCN(Cc1c(C)[nH]c2nc(NC(=O)C(C)(C)C)[nH]c(=O)c12)c1ccc(C(=O)N[C@@H](CCC(=O)O)C(=O)O)cc1. The summed E-state index contributed by atoms with van der Waals surface area (Å²) < 4.78 is 0. The molecule has 0 fully saturated rings. The molecule has 0 aliphatic rings. The van der Waals surface area contributed by atoms with E-state index < -0.39 is 41.3 Å². The number of rotatable bonds is 11. The fraction of sp³-hybridized carbons (Fsp3) is 0.357. The van der Waals surface area contributed by atoms with Gasteiger partial charge in [0.05, 0.1) is 11.9 Å². The van der Waals surface area contributed by atoms with E-state index in [-0.39, 0.29) is 36.9 Å². The average molecular weight is 565 g/mol. The predicted molar refractivity (Wildman–Crippen MR) is 152 cm³/mol. The Kier molecular flexibility index (Phi) is 9.18. The van der Waals surface area contributed by atoms with Crippen molar-refractivity contribution < 1.29 is 29.4 Å². The Balaban J connectivity index is 1.84. The molecule has 41 heavy (non-hydrogen) atoms. The number of anilines is 2. The number of aromatic nitrogens is 3. The Hall–Kier alpha value is -5.12. The van der Waals surface area contributed by atoms with Crippen LogP contribution in [0, 0.1) is 24.7 Å². The molecule has 0 saturated carbocycles. The van der Waals surface area contributed by atoms with Gasteiger partial charge in [-0.25, -0.2) is 4.79 Å². The summed E-state index contributed by atoms with van der Waals surface area (Å²) in [6.07, 6.45) is 4.94. The second-order valence-electron chi connectivity index (χ2n) is 10.5. The number of carbonyl (C=O) groups excluding carboxylic acids is 2. The van der Waals surface area contributed by atoms with E-state index in [1.54, 1.807) is 44.7 Å². The molecule has 0 bridgehead atoms. The van der Waals surface area contributed by atoms with Gasteiger partial charge in [0.15, 0.2) is 0 Å². The maximum Gasteiger partial charge on any atom is 0.326 e. The molecule has 0 saturated heterocycles. The number of amides is 2. The molecule has 2 heterocycles. The third kappa shape index (κ3) is 7.51. The second-order valence-corrected chi connectivity index (χ2v) is 10.5.